The van der Waals surface area contributed by atoms with Gasteiger partial charge in [-0.15, -0.1) is 0 Å². The molecule has 5 N–H and O–H groups in total. The number of rotatable bonds is 8. The molecule has 2 aromatic carbocycles. The highest BCUT2D eigenvalue weighted by molar-refractivity contribution is 5.94. The van der Waals surface area contributed by atoms with Crippen LogP contribution in [0.4, 0.5) is 16.3 Å². The first-order chi connectivity index (χ1) is 14.4. The maximum absolute atomic E-state index is 11.7. The maximum atomic E-state index is 11.7. The number of hydrogen-bond acceptors (Lipinski definition) is 5. The number of aryl methyl sites for hydroxylation is 1. The van der Waals surface area contributed by atoms with Gasteiger partial charge in [-0.2, -0.15) is 0 Å². The number of fused-ring (bicyclic) bond motifs is 1. The van der Waals surface area contributed by atoms with Crippen LogP contribution in [-0.2, 0) is 11.3 Å². The van der Waals surface area contributed by atoms with E-state index in [2.05, 4.69) is 27.0 Å². The van der Waals surface area contributed by atoms with Gasteiger partial charge in [-0.3, -0.25) is 10.1 Å². The SMILES string of the molecule is CCNC(=O)Nc1cc2cc(NCc3ccc(OCC(N)=O)cc3)cc(C)c2cn1. The van der Waals surface area contributed by atoms with Crippen molar-refractivity contribution in [1.82, 2.24) is 10.3 Å². The number of ether oxygens (including phenoxy) is 1. The average molecular weight is 407 g/mol. The summed E-state index contributed by atoms with van der Waals surface area (Å²) in [5.74, 6) is 0.585. The van der Waals surface area contributed by atoms with Gasteiger partial charge in [0.15, 0.2) is 6.61 Å². The van der Waals surface area contributed by atoms with Crippen molar-refractivity contribution in [3.8, 4) is 5.75 Å². The van der Waals surface area contributed by atoms with Gasteiger partial charge in [0.1, 0.15) is 11.6 Å². The Morgan fingerprint density at radius 2 is 1.90 bits per heavy atom. The van der Waals surface area contributed by atoms with Gasteiger partial charge in [0.05, 0.1) is 0 Å². The fourth-order valence-corrected chi connectivity index (χ4v) is 2.99. The predicted octanol–water partition coefficient (Wildman–Crippen LogP) is 3.16. The lowest BCUT2D eigenvalue weighted by atomic mass is 10.1. The van der Waals surface area contributed by atoms with Crippen LogP contribution in [-0.4, -0.2) is 30.1 Å². The number of urea groups is 1. The molecule has 0 fully saturated rings. The summed E-state index contributed by atoms with van der Waals surface area (Å²) in [6.45, 7) is 4.91. The number of primary amides is 1. The summed E-state index contributed by atoms with van der Waals surface area (Å²) in [4.78, 5) is 26.8. The van der Waals surface area contributed by atoms with Gasteiger partial charge in [-0.05, 0) is 60.7 Å². The van der Waals surface area contributed by atoms with Gasteiger partial charge < -0.3 is 21.1 Å². The summed E-state index contributed by atoms with van der Waals surface area (Å²) >= 11 is 0. The number of aromatic nitrogens is 1. The average Bonchev–Trinajstić information content (AvgIpc) is 2.71. The summed E-state index contributed by atoms with van der Waals surface area (Å²) in [7, 11) is 0. The lowest BCUT2D eigenvalue weighted by molar-refractivity contribution is -0.119. The number of benzene rings is 2. The Morgan fingerprint density at radius 1 is 1.13 bits per heavy atom. The van der Waals surface area contributed by atoms with Crippen LogP contribution in [0.1, 0.15) is 18.1 Å². The lowest BCUT2D eigenvalue weighted by Gasteiger charge is -2.12. The smallest absolute Gasteiger partial charge is 0.320 e. The van der Waals surface area contributed by atoms with Gasteiger partial charge in [-0.25, -0.2) is 9.78 Å². The fourth-order valence-electron chi connectivity index (χ4n) is 2.99. The van der Waals surface area contributed by atoms with E-state index >= 15 is 0 Å². The first-order valence-electron chi connectivity index (χ1n) is 9.63. The Morgan fingerprint density at radius 3 is 2.60 bits per heavy atom. The summed E-state index contributed by atoms with van der Waals surface area (Å²) in [6, 6.07) is 13.1. The minimum Gasteiger partial charge on any atom is -0.484 e. The molecule has 30 heavy (non-hydrogen) atoms. The monoisotopic (exact) mass is 407 g/mol. The van der Waals surface area contributed by atoms with Crippen LogP contribution in [0, 0.1) is 6.92 Å². The van der Waals surface area contributed by atoms with E-state index in [1.54, 1.807) is 18.3 Å². The lowest BCUT2D eigenvalue weighted by Crippen LogP contribution is -2.28. The molecule has 8 nitrogen and oxygen atoms in total. The van der Waals surface area contributed by atoms with Crippen molar-refractivity contribution in [2.45, 2.75) is 20.4 Å². The molecule has 0 saturated heterocycles. The Balaban J connectivity index is 1.69. The third-order valence-electron chi connectivity index (χ3n) is 4.42. The van der Waals surface area contributed by atoms with E-state index in [4.69, 9.17) is 10.5 Å². The molecule has 3 rings (SSSR count). The van der Waals surface area contributed by atoms with E-state index in [0.717, 1.165) is 27.6 Å². The van der Waals surface area contributed by atoms with Gasteiger partial charge in [0.2, 0.25) is 0 Å². The number of nitrogens with two attached hydrogens (primary N) is 1. The number of carbonyl (C=O) groups excluding carboxylic acids is 2. The van der Waals surface area contributed by atoms with Gasteiger partial charge in [0, 0.05) is 30.4 Å². The van der Waals surface area contributed by atoms with Gasteiger partial charge >= 0.3 is 6.03 Å². The topological polar surface area (TPSA) is 118 Å². The first-order valence-corrected chi connectivity index (χ1v) is 9.63. The Bertz CT molecular complexity index is 1050. The van der Waals surface area contributed by atoms with E-state index in [0.29, 0.717) is 24.7 Å². The second-order valence-electron chi connectivity index (χ2n) is 6.82. The van der Waals surface area contributed by atoms with Crippen LogP contribution in [0.3, 0.4) is 0 Å². The summed E-state index contributed by atoms with van der Waals surface area (Å²) < 4.78 is 5.27. The molecule has 1 heterocycles. The number of amides is 3. The molecule has 8 heteroatoms. The molecule has 0 aliphatic heterocycles. The Kier molecular flexibility index (Phi) is 6.69. The van der Waals surface area contributed by atoms with Crippen molar-refractivity contribution in [3.05, 3.63) is 59.8 Å². The zero-order valence-electron chi connectivity index (χ0n) is 17.0. The molecule has 156 valence electrons. The molecule has 0 aliphatic rings. The summed E-state index contributed by atoms with van der Waals surface area (Å²) in [6.07, 6.45) is 1.76. The third kappa shape index (κ3) is 5.60. The van der Waals surface area contributed by atoms with Crippen LogP contribution < -0.4 is 26.4 Å². The minimum atomic E-state index is -0.507. The van der Waals surface area contributed by atoms with Crippen LogP contribution >= 0.6 is 0 Å². The molecule has 0 aliphatic carbocycles. The molecule has 0 atom stereocenters. The highest BCUT2D eigenvalue weighted by Crippen LogP contribution is 2.25. The maximum Gasteiger partial charge on any atom is 0.320 e. The summed E-state index contributed by atoms with van der Waals surface area (Å²) in [5, 5.41) is 10.8. The number of hydrogen-bond donors (Lipinski definition) is 4. The molecule has 0 unspecified atom stereocenters. The van der Waals surface area contributed by atoms with Crippen molar-refractivity contribution < 1.29 is 14.3 Å². The molecule has 1 aromatic heterocycles. The standard InChI is InChI=1S/C22H25N5O3/c1-3-24-22(29)27-21-10-16-9-17(8-14(2)19(16)12-26-21)25-11-15-4-6-18(7-5-15)30-13-20(23)28/h4-10,12,25H,3,11,13H2,1-2H3,(H2,23,28)(H2,24,26,27,29). The molecular formula is C22H25N5O3. The molecule has 3 amide bonds. The second kappa shape index (κ2) is 9.60. The molecule has 0 bridgehead atoms. The largest absolute Gasteiger partial charge is 0.484 e. The molecule has 0 saturated carbocycles. The molecular weight excluding hydrogens is 382 g/mol. The van der Waals surface area contributed by atoms with Gasteiger partial charge in [-0.1, -0.05) is 12.1 Å². The van der Waals surface area contributed by atoms with Crippen molar-refractivity contribution in [1.29, 1.82) is 0 Å². The van der Waals surface area contributed by atoms with E-state index in [-0.39, 0.29) is 12.6 Å². The van der Waals surface area contributed by atoms with E-state index in [9.17, 15) is 9.59 Å². The Labute approximate surface area is 174 Å². The van der Waals surface area contributed by atoms with Crippen molar-refractivity contribution >= 4 is 34.2 Å². The number of nitrogens with zero attached hydrogens (tertiary/aromatic N) is 1. The van der Waals surface area contributed by atoms with Crippen molar-refractivity contribution in [2.24, 2.45) is 5.73 Å². The minimum absolute atomic E-state index is 0.139. The van der Waals surface area contributed by atoms with Gasteiger partial charge in [0.25, 0.3) is 5.91 Å². The van der Waals surface area contributed by atoms with Crippen molar-refractivity contribution in [2.75, 3.05) is 23.8 Å². The highest BCUT2D eigenvalue weighted by atomic mass is 16.5. The van der Waals surface area contributed by atoms with Crippen molar-refractivity contribution in [3.63, 3.8) is 0 Å². The zero-order chi connectivity index (χ0) is 21.5. The van der Waals surface area contributed by atoms with E-state index < -0.39 is 5.91 Å². The van der Waals surface area contributed by atoms with Crippen LogP contribution in [0.5, 0.6) is 5.75 Å². The molecule has 0 spiro atoms. The Hall–Kier alpha value is -3.81. The van der Waals surface area contributed by atoms with Crippen LogP contribution in [0.25, 0.3) is 10.8 Å². The quantitative estimate of drug-likeness (QED) is 0.457. The first kappa shape index (κ1) is 20.9. The summed E-state index contributed by atoms with van der Waals surface area (Å²) in [5.41, 5.74) is 8.19. The highest BCUT2D eigenvalue weighted by Gasteiger charge is 2.06. The zero-order valence-corrected chi connectivity index (χ0v) is 17.0. The number of carbonyl (C=O) groups is 2. The normalized spacial score (nSPS) is 10.5. The third-order valence-corrected chi connectivity index (χ3v) is 4.42. The van der Waals surface area contributed by atoms with E-state index in [1.807, 2.05) is 38.1 Å². The predicted molar refractivity (Wildman–Crippen MR) is 118 cm³/mol. The fraction of sp³-hybridized carbons (Fsp3) is 0.227. The number of pyridine rings is 1. The molecule has 0 radical (unpaired) electrons. The van der Waals surface area contributed by atoms with Crippen LogP contribution in [0.2, 0.25) is 0 Å². The number of anilines is 2. The second-order valence-corrected chi connectivity index (χ2v) is 6.82. The van der Waals surface area contributed by atoms with Crippen LogP contribution in [0.15, 0.2) is 48.7 Å². The van der Waals surface area contributed by atoms with E-state index in [1.165, 1.54) is 0 Å². The molecule has 3 aromatic rings. The number of nitrogens with one attached hydrogen (secondary N) is 3.